The quantitative estimate of drug-likeness (QED) is 0.725. The van der Waals surface area contributed by atoms with Crippen LogP contribution in [0.15, 0.2) is 34.3 Å². The summed E-state index contributed by atoms with van der Waals surface area (Å²) in [7, 11) is 0. The molecule has 1 aromatic carbocycles. The van der Waals surface area contributed by atoms with E-state index < -0.39 is 0 Å². The predicted octanol–water partition coefficient (Wildman–Crippen LogP) is 3.55. The van der Waals surface area contributed by atoms with Crippen molar-refractivity contribution >= 4 is 21.8 Å². The highest BCUT2D eigenvalue weighted by Crippen LogP contribution is 2.22. The number of nitrogens with zero attached hydrogens (tertiary/aromatic N) is 1. The molecule has 0 aromatic heterocycles. The van der Waals surface area contributed by atoms with Crippen molar-refractivity contribution in [1.82, 2.24) is 4.90 Å². The molecule has 1 aliphatic heterocycles. The van der Waals surface area contributed by atoms with Crippen molar-refractivity contribution in [3.8, 4) is 0 Å². The zero-order valence-corrected chi connectivity index (χ0v) is 11.8. The van der Waals surface area contributed by atoms with Gasteiger partial charge in [0.25, 0.3) is 5.91 Å². The Bertz CT molecular complexity index is 479. The van der Waals surface area contributed by atoms with E-state index in [1.165, 1.54) is 5.57 Å². The first kappa shape index (κ1) is 12.4. The average Bonchev–Trinajstić information content (AvgIpc) is 2.33. The first-order valence-electron chi connectivity index (χ1n) is 5.79. The average molecular weight is 294 g/mol. The van der Waals surface area contributed by atoms with Gasteiger partial charge in [-0.05, 0) is 38.0 Å². The second-order valence-electron chi connectivity index (χ2n) is 4.46. The Kier molecular flexibility index (Phi) is 3.67. The largest absolute Gasteiger partial charge is 0.335 e. The topological polar surface area (TPSA) is 20.3 Å². The van der Waals surface area contributed by atoms with Crippen LogP contribution in [0.4, 0.5) is 0 Å². The van der Waals surface area contributed by atoms with Crippen molar-refractivity contribution in [2.75, 3.05) is 13.1 Å². The summed E-state index contributed by atoms with van der Waals surface area (Å²) in [5.41, 5.74) is 3.19. The lowest BCUT2D eigenvalue weighted by molar-refractivity contribution is 0.0768. The first-order valence-corrected chi connectivity index (χ1v) is 6.59. The molecule has 1 heterocycles. The van der Waals surface area contributed by atoms with E-state index in [4.69, 9.17) is 0 Å². The van der Waals surface area contributed by atoms with E-state index in [9.17, 15) is 4.79 Å². The monoisotopic (exact) mass is 293 g/mol. The molecule has 0 bridgehead atoms. The van der Waals surface area contributed by atoms with Crippen molar-refractivity contribution in [3.05, 3.63) is 45.4 Å². The van der Waals surface area contributed by atoms with Crippen LogP contribution in [-0.4, -0.2) is 23.9 Å². The zero-order chi connectivity index (χ0) is 12.4. The summed E-state index contributed by atoms with van der Waals surface area (Å²) in [4.78, 5) is 14.3. The molecule has 0 N–H and O–H groups in total. The Hall–Kier alpha value is -1.09. The van der Waals surface area contributed by atoms with Crippen LogP contribution in [0.3, 0.4) is 0 Å². The van der Waals surface area contributed by atoms with Crippen LogP contribution in [0.2, 0.25) is 0 Å². The van der Waals surface area contributed by atoms with E-state index in [-0.39, 0.29) is 5.91 Å². The lowest BCUT2D eigenvalue weighted by Gasteiger charge is -2.26. The predicted molar refractivity (Wildman–Crippen MR) is 73.2 cm³/mol. The number of benzene rings is 1. The Labute approximate surface area is 110 Å². The summed E-state index contributed by atoms with van der Waals surface area (Å²) in [5, 5.41) is 0. The number of amides is 1. The van der Waals surface area contributed by atoms with E-state index in [1.807, 2.05) is 30.0 Å². The molecule has 1 aliphatic rings. The van der Waals surface area contributed by atoms with Crippen molar-refractivity contribution in [3.63, 3.8) is 0 Å². The van der Waals surface area contributed by atoms with Crippen LogP contribution in [0, 0.1) is 6.92 Å². The third kappa shape index (κ3) is 2.60. The summed E-state index contributed by atoms with van der Waals surface area (Å²) in [5.74, 6) is 0.132. The lowest BCUT2D eigenvalue weighted by atomic mass is 10.1. The number of halogens is 1. The molecule has 0 aliphatic carbocycles. The Balaban J connectivity index is 2.23. The normalized spacial score (nSPS) is 15.7. The Morgan fingerprint density at radius 2 is 2.12 bits per heavy atom. The molecule has 0 radical (unpaired) electrons. The SMILES string of the molecule is CC1=CCN(C(=O)c2cccc(Br)c2C)CC1. The summed E-state index contributed by atoms with van der Waals surface area (Å²) in [6.45, 7) is 5.65. The van der Waals surface area contributed by atoms with Gasteiger partial charge in [-0.2, -0.15) is 0 Å². The fourth-order valence-corrected chi connectivity index (χ4v) is 2.33. The van der Waals surface area contributed by atoms with Crippen LogP contribution < -0.4 is 0 Å². The molecule has 0 saturated carbocycles. The highest BCUT2D eigenvalue weighted by Gasteiger charge is 2.19. The molecule has 1 amide bonds. The molecular weight excluding hydrogens is 278 g/mol. The van der Waals surface area contributed by atoms with Gasteiger partial charge in [-0.15, -0.1) is 0 Å². The van der Waals surface area contributed by atoms with Crippen molar-refractivity contribution < 1.29 is 4.79 Å². The molecule has 0 saturated heterocycles. The number of rotatable bonds is 1. The molecular formula is C14H16BrNO. The van der Waals surface area contributed by atoms with Gasteiger partial charge in [0.2, 0.25) is 0 Å². The van der Waals surface area contributed by atoms with Gasteiger partial charge < -0.3 is 4.90 Å². The van der Waals surface area contributed by atoms with E-state index in [0.717, 1.165) is 35.1 Å². The molecule has 2 rings (SSSR count). The molecule has 3 heteroatoms. The minimum Gasteiger partial charge on any atom is -0.335 e. The molecule has 17 heavy (non-hydrogen) atoms. The Morgan fingerprint density at radius 3 is 2.76 bits per heavy atom. The van der Waals surface area contributed by atoms with Gasteiger partial charge in [-0.3, -0.25) is 4.79 Å². The number of hydrogen-bond donors (Lipinski definition) is 0. The van der Waals surface area contributed by atoms with E-state index in [0.29, 0.717) is 0 Å². The highest BCUT2D eigenvalue weighted by atomic mass is 79.9. The number of carbonyl (C=O) groups is 1. The second kappa shape index (κ2) is 5.05. The summed E-state index contributed by atoms with van der Waals surface area (Å²) in [6.07, 6.45) is 3.12. The van der Waals surface area contributed by atoms with E-state index >= 15 is 0 Å². The van der Waals surface area contributed by atoms with Gasteiger partial charge in [0, 0.05) is 23.1 Å². The summed E-state index contributed by atoms with van der Waals surface area (Å²) < 4.78 is 0.993. The van der Waals surface area contributed by atoms with Crippen LogP contribution in [0.1, 0.15) is 29.3 Å². The van der Waals surface area contributed by atoms with Gasteiger partial charge in [0.15, 0.2) is 0 Å². The van der Waals surface area contributed by atoms with Crippen LogP contribution in [0.25, 0.3) is 0 Å². The van der Waals surface area contributed by atoms with Gasteiger partial charge >= 0.3 is 0 Å². The van der Waals surface area contributed by atoms with Crippen LogP contribution in [-0.2, 0) is 0 Å². The fraction of sp³-hybridized carbons (Fsp3) is 0.357. The molecule has 0 fully saturated rings. The lowest BCUT2D eigenvalue weighted by Crippen LogP contribution is -2.35. The molecule has 0 spiro atoms. The van der Waals surface area contributed by atoms with Crippen molar-refractivity contribution in [2.24, 2.45) is 0 Å². The summed E-state index contributed by atoms with van der Waals surface area (Å²) in [6, 6.07) is 5.77. The maximum absolute atomic E-state index is 12.4. The van der Waals surface area contributed by atoms with Crippen LogP contribution >= 0.6 is 15.9 Å². The molecule has 1 aromatic rings. The van der Waals surface area contributed by atoms with Crippen LogP contribution in [0.5, 0.6) is 0 Å². The van der Waals surface area contributed by atoms with Gasteiger partial charge in [0.1, 0.15) is 0 Å². The zero-order valence-electron chi connectivity index (χ0n) is 10.2. The minimum atomic E-state index is 0.132. The fourth-order valence-electron chi connectivity index (χ4n) is 1.96. The Morgan fingerprint density at radius 1 is 1.35 bits per heavy atom. The third-order valence-corrected chi connectivity index (χ3v) is 4.08. The second-order valence-corrected chi connectivity index (χ2v) is 5.32. The highest BCUT2D eigenvalue weighted by molar-refractivity contribution is 9.10. The molecule has 2 nitrogen and oxygen atoms in total. The number of carbonyl (C=O) groups excluding carboxylic acids is 1. The van der Waals surface area contributed by atoms with Gasteiger partial charge in [-0.25, -0.2) is 0 Å². The summed E-state index contributed by atoms with van der Waals surface area (Å²) >= 11 is 3.47. The molecule has 0 atom stereocenters. The minimum absolute atomic E-state index is 0.132. The van der Waals surface area contributed by atoms with E-state index in [2.05, 4.69) is 28.9 Å². The van der Waals surface area contributed by atoms with Crippen molar-refractivity contribution in [2.45, 2.75) is 20.3 Å². The van der Waals surface area contributed by atoms with Gasteiger partial charge in [-0.1, -0.05) is 33.6 Å². The standard InChI is InChI=1S/C14H16BrNO/c1-10-6-8-16(9-7-10)14(17)12-4-3-5-13(15)11(12)2/h3-6H,7-9H2,1-2H3. The maximum atomic E-state index is 12.4. The first-order chi connectivity index (χ1) is 8.09. The van der Waals surface area contributed by atoms with Crippen molar-refractivity contribution in [1.29, 1.82) is 0 Å². The van der Waals surface area contributed by atoms with Gasteiger partial charge in [0.05, 0.1) is 0 Å². The maximum Gasteiger partial charge on any atom is 0.254 e. The smallest absolute Gasteiger partial charge is 0.254 e. The molecule has 90 valence electrons. The molecule has 0 unspecified atom stereocenters. The van der Waals surface area contributed by atoms with E-state index in [1.54, 1.807) is 0 Å². The number of hydrogen-bond acceptors (Lipinski definition) is 1. The third-order valence-electron chi connectivity index (χ3n) is 3.22.